The molecule has 2 heterocycles. The van der Waals surface area contributed by atoms with Gasteiger partial charge in [-0.3, -0.25) is 0 Å². The van der Waals surface area contributed by atoms with E-state index >= 15 is 0 Å². The molecule has 10 heteroatoms. The smallest absolute Gasteiger partial charge is 0.244 e. The highest BCUT2D eigenvalue weighted by atomic mass is 35.5. The van der Waals surface area contributed by atoms with Gasteiger partial charge >= 0.3 is 0 Å². The first kappa shape index (κ1) is 22.4. The molecule has 4 rings (SSSR count). The van der Waals surface area contributed by atoms with Crippen molar-refractivity contribution in [2.75, 3.05) is 37.7 Å². The Kier molecular flexibility index (Phi) is 6.74. The van der Waals surface area contributed by atoms with E-state index in [2.05, 4.69) is 4.90 Å². The molecule has 1 aromatic heterocycles. The summed E-state index contributed by atoms with van der Waals surface area (Å²) in [7, 11) is -3.67. The molecule has 2 aromatic carbocycles. The summed E-state index contributed by atoms with van der Waals surface area (Å²) in [6.45, 7) is 4.42. The number of halogens is 2. The number of nitrogens with zero attached hydrogens (tertiary/aromatic N) is 3. The van der Waals surface area contributed by atoms with E-state index in [-0.39, 0.29) is 9.92 Å². The lowest BCUT2D eigenvalue weighted by atomic mass is 10.2. The molecule has 6 nitrogen and oxygen atoms in total. The lowest BCUT2D eigenvalue weighted by Gasteiger charge is -2.33. The van der Waals surface area contributed by atoms with Gasteiger partial charge < -0.3 is 9.64 Å². The highest BCUT2D eigenvalue weighted by molar-refractivity contribution is 7.89. The van der Waals surface area contributed by atoms with E-state index in [0.29, 0.717) is 37.8 Å². The summed E-state index contributed by atoms with van der Waals surface area (Å²) in [4.78, 5) is 6.94. The van der Waals surface area contributed by atoms with E-state index in [9.17, 15) is 8.42 Å². The number of piperazine rings is 1. The standard InChI is InChI=1S/C21H21Cl2N3O3S2/c1-2-29-17-6-3-15(4-7-17)19-14-30-21(24-19)25-9-11-26(12-10-25)31(27,28)20-8-5-16(22)13-18(20)23/h3-8,13-14H,2,9-12H2,1H3. The van der Waals surface area contributed by atoms with E-state index < -0.39 is 10.0 Å². The Balaban J connectivity index is 1.43. The number of rotatable bonds is 6. The highest BCUT2D eigenvalue weighted by Crippen LogP contribution is 2.31. The number of sulfonamides is 1. The van der Waals surface area contributed by atoms with Crippen LogP contribution in [0.4, 0.5) is 5.13 Å². The number of thiazole rings is 1. The van der Waals surface area contributed by atoms with Gasteiger partial charge in [-0.2, -0.15) is 4.31 Å². The van der Waals surface area contributed by atoms with E-state index in [1.54, 1.807) is 11.3 Å². The van der Waals surface area contributed by atoms with Crippen molar-refractivity contribution in [3.05, 3.63) is 57.9 Å². The van der Waals surface area contributed by atoms with E-state index in [1.807, 2.05) is 36.6 Å². The molecular formula is C21H21Cl2N3O3S2. The summed E-state index contributed by atoms with van der Waals surface area (Å²) in [5.41, 5.74) is 1.91. The van der Waals surface area contributed by atoms with Crippen LogP contribution in [-0.4, -0.2) is 50.5 Å². The molecule has 0 spiro atoms. The third-order valence-electron chi connectivity index (χ3n) is 4.97. The van der Waals surface area contributed by atoms with E-state index in [0.717, 1.165) is 22.1 Å². The average molecular weight is 498 g/mol. The molecule has 3 aromatic rings. The predicted molar refractivity (Wildman–Crippen MR) is 126 cm³/mol. The van der Waals surface area contributed by atoms with Crippen molar-refractivity contribution >= 4 is 49.7 Å². The van der Waals surface area contributed by atoms with Gasteiger partial charge in [0.1, 0.15) is 10.6 Å². The molecule has 1 fully saturated rings. The quantitative estimate of drug-likeness (QED) is 0.477. The topological polar surface area (TPSA) is 62.7 Å². The third kappa shape index (κ3) is 4.83. The minimum atomic E-state index is -3.67. The van der Waals surface area contributed by atoms with Gasteiger partial charge in [-0.25, -0.2) is 13.4 Å². The molecule has 1 aliphatic rings. The second-order valence-electron chi connectivity index (χ2n) is 6.94. The van der Waals surface area contributed by atoms with Crippen LogP contribution in [0, 0.1) is 0 Å². The van der Waals surface area contributed by atoms with Crippen molar-refractivity contribution in [2.24, 2.45) is 0 Å². The van der Waals surface area contributed by atoms with Crippen LogP contribution in [0.2, 0.25) is 10.0 Å². The fourth-order valence-corrected chi connectivity index (χ4v) is 6.43. The fourth-order valence-electron chi connectivity index (χ4n) is 3.37. The average Bonchev–Trinajstić information content (AvgIpc) is 3.25. The van der Waals surface area contributed by atoms with Crippen LogP contribution in [0.1, 0.15) is 6.92 Å². The lowest BCUT2D eigenvalue weighted by Crippen LogP contribution is -2.48. The van der Waals surface area contributed by atoms with Crippen LogP contribution in [0.15, 0.2) is 52.7 Å². The van der Waals surface area contributed by atoms with Gasteiger partial charge in [0, 0.05) is 42.1 Å². The lowest BCUT2D eigenvalue weighted by molar-refractivity contribution is 0.340. The maximum atomic E-state index is 13.0. The molecular weight excluding hydrogens is 477 g/mol. The van der Waals surface area contributed by atoms with Crippen LogP contribution in [-0.2, 0) is 10.0 Å². The van der Waals surface area contributed by atoms with Gasteiger partial charge in [-0.1, -0.05) is 23.2 Å². The molecule has 31 heavy (non-hydrogen) atoms. The second-order valence-corrected chi connectivity index (χ2v) is 10.5. The van der Waals surface area contributed by atoms with Gasteiger partial charge in [0.25, 0.3) is 0 Å². The Morgan fingerprint density at radius 1 is 1.06 bits per heavy atom. The van der Waals surface area contributed by atoms with Gasteiger partial charge in [-0.05, 0) is 49.4 Å². The number of hydrogen-bond donors (Lipinski definition) is 0. The van der Waals surface area contributed by atoms with E-state index in [1.165, 1.54) is 22.5 Å². The summed E-state index contributed by atoms with van der Waals surface area (Å²) >= 11 is 13.6. The van der Waals surface area contributed by atoms with Crippen molar-refractivity contribution in [3.8, 4) is 17.0 Å². The SMILES string of the molecule is CCOc1ccc(-c2csc(N3CCN(S(=O)(=O)c4ccc(Cl)cc4Cl)CC3)n2)cc1. The number of anilines is 1. The van der Waals surface area contributed by atoms with Crippen LogP contribution in [0.5, 0.6) is 5.75 Å². The largest absolute Gasteiger partial charge is 0.494 e. The first-order valence-electron chi connectivity index (χ1n) is 9.77. The molecule has 0 radical (unpaired) electrons. The van der Waals surface area contributed by atoms with Gasteiger partial charge in [0.05, 0.1) is 17.3 Å². The maximum Gasteiger partial charge on any atom is 0.244 e. The second kappa shape index (κ2) is 9.34. The highest BCUT2D eigenvalue weighted by Gasteiger charge is 2.31. The zero-order valence-electron chi connectivity index (χ0n) is 16.8. The molecule has 0 atom stereocenters. The Bertz CT molecular complexity index is 1160. The minimum absolute atomic E-state index is 0.0825. The summed E-state index contributed by atoms with van der Waals surface area (Å²) in [5.74, 6) is 0.833. The fraction of sp³-hybridized carbons (Fsp3) is 0.286. The van der Waals surface area contributed by atoms with Crippen LogP contribution >= 0.6 is 34.5 Å². The van der Waals surface area contributed by atoms with Crippen LogP contribution in [0.3, 0.4) is 0 Å². The van der Waals surface area contributed by atoms with Crippen molar-refractivity contribution in [1.82, 2.24) is 9.29 Å². The number of aromatic nitrogens is 1. The van der Waals surface area contributed by atoms with Crippen LogP contribution < -0.4 is 9.64 Å². The Morgan fingerprint density at radius 2 is 1.77 bits per heavy atom. The molecule has 164 valence electrons. The van der Waals surface area contributed by atoms with Crippen molar-refractivity contribution in [3.63, 3.8) is 0 Å². The molecule has 1 saturated heterocycles. The summed E-state index contributed by atoms with van der Waals surface area (Å²) in [6.07, 6.45) is 0. The molecule has 0 bridgehead atoms. The molecule has 0 unspecified atom stereocenters. The number of benzene rings is 2. The number of ether oxygens (including phenoxy) is 1. The first-order valence-corrected chi connectivity index (χ1v) is 12.8. The van der Waals surface area contributed by atoms with Crippen molar-refractivity contribution < 1.29 is 13.2 Å². The van der Waals surface area contributed by atoms with Gasteiger partial charge in [0.15, 0.2) is 5.13 Å². The zero-order chi connectivity index (χ0) is 22.0. The normalized spacial score (nSPS) is 15.3. The molecule has 0 N–H and O–H groups in total. The van der Waals surface area contributed by atoms with Crippen molar-refractivity contribution in [2.45, 2.75) is 11.8 Å². The van der Waals surface area contributed by atoms with E-state index in [4.69, 9.17) is 32.9 Å². The predicted octanol–water partition coefficient (Wildman–Crippen LogP) is 5.03. The Labute approximate surface area is 196 Å². The molecule has 1 aliphatic heterocycles. The Hall–Kier alpha value is -1.84. The third-order valence-corrected chi connectivity index (χ3v) is 8.49. The Morgan fingerprint density at radius 3 is 2.42 bits per heavy atom. The van der Waals surface area contributed by atoms with Crippen LogP contribution in [0.25, 0.3) is 11.3 Å². The number of hydrogen-bond acceptors (Lipinski definition) is 6. The molecule has 0 aliphatic carbocycles. The molecule has 0 amide bonds. The zero-order valence-corrected chi connectivity index (χ0v) is 19.9. The maximum absolute atomic E-state index is 13.0. The monoisotopic (exact) mass is 497 g/mol. The molecule has 0 saturated carbocycles. The summed E-state index contributed by atoms with van der Waals surface area (Å²) in [6, 6.07) is 12.3. The van der Waals surface area contributed by atoms with Crippen molar-refractivity contribution in [1.29, 1.82) is 0 Å². The summed E-state index contributed by atoms with van der Waals surface area (Å²) in [5, 5.41) is 3.43. The van der Waals surface area contributed by atoms with Gasteiger partial charge in [0.2, 0.25) is 10.0 Å². The summed E-state index contributed by atoms with van der Waals surface area (Å²) < 4.78 is 32.9. The first-order chi connectivity index (χ1) is 14.9. The minimum Gasteiger partial charge on any atom is -0.494 e. The van der Waals surface area contributed by atoms with Gasteiger partial charge in [-0.15, -0.1) is 11.3 Å².